The van der Waals surface area contributed by atoms with Crippen LogP contribution in [0.1, 0.15) is 28.8 Å². The highest BCUT2D eigenvalue weighted by molar-refractivity contribution is 7.90. The number of nitriles is 1. The molecule has 0 fully saturated rings. The van der Waals surface area contributed by atoms with Crippen molar-refractivity contribution in [2.45, 2.75) is 25.0 Å². The maximum atomic E-state index is 11.7. The standard InChI is InChI=1S/C10H13N3O4S2/c1-2-7(5-11)19(16,17)12-4-3-9-13-8(6-18-9)10(14)15/h6-7,12H,2-4H2,1H3,(H,14,15). The van der Waals surface area contributed by atoms with Gasteiger partial charge in [-0.25, -0.2) is 22.9 Å². The van der Waals surface area contributed by atoms with Crippen molar-refractivity contribution in [2.75, 3.05) is 6.54 Å². The Kier molecular flexibility index (Phi) is 5.41. The lowest BCUT2D eigenvalue weighted by Gasteiger charge is -2.08. The predicted molar refractivity (Wildman–Crippen MR) is 69.4 cm³/mol. The summed E-state index contributed by atoms with van der Waals surface area (Å²) < 4.78 is 25.6. The molecule has 0 radical (unpaired) electrons. The molecule has 7 nitrogen and oxygen atoms in total. The van der Waals surface area contributed by atoms with Crippen LogP contribution in [0.4, 0.5) is 0 Å². The van der Waals surface area contributed by atoms with Crippen molar-refractivity contribution in [1.29, 1.82) is 5.26 Å². The molecule has 1 heterocycles. The van der Waals surface area contributed by atoms with E-state index in [2.05, 4.69) is 9.71 Å². The lowest BCUT2D eigenvalue weighted by molar-refractivity contribution is 0.0691. The van der Waals surface area contributed by atoms with Gasteiger partial charge in [0.1, 0.15) is 0 Å². The molecule has 0 aliphatic heterocycles. The lowest BCUT2D eigenvalue weighted by atomic mass is 10.4. The molecule has 1 rings (SSSR count). The van der Waals surface area contributed by atoms with Gasteiger partial charge in [-0.05, 0) is 6.42 Å². The summed E-state index contributed by atoms with van der Waals surface area (Å²) in [6.07, 6.45) is 0.505. The Morgan fingerprint density at radius 3 is 2.84 bits per heavy atom. The Bertz CT molecular complexity index is 588. The molecule has 1 aromatic heterocycles. The summed E-state index contributed by atoms with van der Waals surface area (Å²) in [6, 6.07) is 1.72. The first-order valence-electron chi connectivity index (χ1n) is 5.46. The van der Waals surface area contributed by atoms with E-state index in [1.165, 1.54) is 5.38 Å². The van der Waals surface area contributed by atoms with Crippen LogP contribution in [-0.4, -0.2) is 36.3 Å². The van der Waals surface area contributed by atoms with Gasteiger partial charge in [-0.2, -0.15) is 5.26 Å². The molecule has 0 bridgehead atoms. The monoisotopic (exact) mass is 303 g/mol. The van der Waals surface area contributed by atoms with Crippen LogP contribution in [0.25, 0.3) is 0 Å². The molecule has 1 atom stereocenters. The van der Waals surface area contributed by atoms with Gasteiger partial charge in [0.05, 0.1) is 11.1 Å². The number of hydrogen-bond donors (Lipinski definition) is 2. The molecule has 0 saturated heterocycles. The van der Waals surface area contributed by atoms with Gasteiger partial charge in [0.15, 0.2) is 10.9 Å². The molecule has 2 N–H and O–H groups in total. The summed E-state index contributed by atoms with van der Waals surface area (Å²) in [4.78, 5) is 14.4. The maximum absolute atomic E-state index is 11.7. The van der Waals surface area contributed by atoms with Gasteiger partial charge >= 0.3 is 5.97 Å². The normalized spacial score (nSPS) is 12.8. The van der Waals surface area contributed by atoms with Gasteiger partial charge in [0.25, 0.3) is 0 Å². The Balaban J connectivity index is 2.54. The highest BCUT2D eigenvalue weighted by Crippen LogP contribution is 2.10. The number of sulfonamides is 1. The number of nitrogens with zero attached hydrogens (tertiary/aromatic N) is 2. The molecule has 1 aromatic rings. The minimum atomic E-state index is -3.65. The third-order valence-electron chi connectivity index (χ3n) is 2.30. The molecule has 0 saturated carbocycles. The predicted octanol–water partition coefficient (Wildman–Crippen LogP) is 0.605. The van der Waals surface area contributed by atoms with E-state index < -0.39 is 21.2 Å². The maximum Gasteiger partial charge on any atom is 0.355 e. The van der Waals surface area contributed by atoms with Crippen molar-refractivity contribution in [3.63, 3.8) is 0 Å². The van der Waals surface area contributed by atoms with Crippen LogP contribution < -0.4 is 4.72 Å². The molecular formula is C10H13N3O4S2. The zero-order valence-corrected chi connectivity index (χ0v) is 11.8. The first-order valence-corrected chi connectivity index (χ1v) is 7.89. The summed E-state index contributed by atoms with van der Waals surface area (Å²) >= 11 is 1.16. The van der Waals surface area contributed by atoms with Crippen molar-refractivity contribution in [3.8, 4) is 6.07 Å². The van der Waals surface area contributed by atoms with E-state index in [-0.39, 0.29) is 18.7 Å². The molecule has 0 aliphatic rings. The van der Waals surface area contributed by atoms with Crippen molar-refractivity contribution >= 4 is 27.3 Å². The molecule has 104 valence electrons. The Morgan fingerprint density at radius 2 is 2.37 bits per heavy atom. The number of rotatable bonds is 7. The van der Waals surface area contributed by atoms with E-state index >= 15 is 0 Å². The second-order valence-corrected chi connectivity index (χ2v) is 6.54. The number of thiazole rings is 1. The second kappa shape index (κ2) is 6.60. The number of aromatic carboxylic acids is 1. The number of nitrogens with one attached hydrogen (secondary N) is 1. The minimum absolute atomic E-state index is 0.0497. The number of aromatic nitrogens is 1. The molecule has 19 heavy (non-hydrogen) atoms. The summed E-state index contributed by atoms with van der Waals surface area (Å²) in [5.74, 6) is -1.11. The highest BCUT2D eigenvalue weighted by Gasteiger charge is 2.22. The SMILES string of the molecule is CCC(C#N)S(=O)(=O)NCCc1nc(C(=O)O)cs1. The fraction of sp³-hybridized carbons (Fsp3) is 0.500. The Labute approximate surface area is 115 Å². The summed E-state index contributed by atoms with van der Waals surface area (Å²) in [5, 5.41) is 18.2. The van der Waals surface area contributed by atoms with Crippen LogP contribution in [0.3, 0.4) is 0 Å². The largest absolute Gasteiger partial charge is 0.476 e. The summed E-state index contributed by atoms with van der Waals surface area (Å²) in [6.45, 7) is 1.71. The quantitative estimate of drug-likeness (QED) is 0.761. The van der Waals surface area contributed by atoms with Crippen LogP contribution in [0.2, 0.25) is 0 Å². The fourth-order valence-corrected chi connectivity index (χ4v) is 3.24. The van der Waals surface area contributed by atoms with Crippen LogP contribution in [0, 0.1) is 11.3 Å². The number of carbonyl (C=O) groups is 1. The average molecular weight is 303 g/mol. The van der Waals surface area contributed by atoms with Crippen molar-refractivity contribution < 1.29 is 18.3 Å². The lowest BCUT2D eigenvalue weighted by Crippen LogP contribution is -2.34. The summed E-state index contributed by atoms with van der Waals surface area (Å²) in [7, 11) is -3.65. The minimum Gasteiger partial charge on any atom is -0.476 e. The molecule has 0 aromatic carbocycles. The van der Waals surface area contributed by atoms with Gasteiger partial charge in [0.2, 0.25) is 10.0 Å². The Morgan fingerprint density at radius 1 is 1.68 bits per heavy atom. The van der Waals surface area contributed by atoms with Gasteiger partial charge < -0.3 is 5.11 Å². The van der Waals surface area contributed by atoms with Crippen molar-refractivity contribution in [3.05, 3.63) is 16.1 Å². The molecule has 1 unspecified atom stereocenters. The van der Waals surface area contributed by atoms with E-state index in [1.54, 1.807) is 13.0 Å². The average Bonchev–Trinajstić information content (AvgIpc) is 2.78. The Hall–Kier alpha value is -1.50. The first-order chi connectivity index (χ1) is 8.90. The number of carboxylic acids is 1. The fourth-order valence-electron chi connectivity index (χ4n) is 1.30. The number of carboxylic acid groups (broad SMARTS) is 1. The van der Waals surface area contributed by atoms with Crippen molar-refractivity contribution in [1.82, 2.24) is 9.71 Å². The van der Waals surface area contributed by atoms with E-state index in [9.17, 15) is 13.2 Å². The van der Waals surface area contributed by atoms with Gasteiger partial charge in [0, 0.05) is 18.3 Å². The number of hydrogen-bond acceptors (Lipinski definition) is 6. The van der Waals surface area contributed by atoms with Crippen molar-refractivity contribution in [2.24, 2.45) is 0 Å². The van der Waals surface area contributed by atoms with Crippen LogP contribution >= 0.6 is 11.3 Å². The molecule has 0 spiro atoms. The smallest absolute Gasteiger partial charge is 0.355 e. The zero-order valence-electron chi connectivity index (χ0n) is 10.2. The van der Waals surface area contributed by atoms with E-state index in [4.69, 9.17) is 10.4 Å². The van der Waals surface area contributed by atoms with Crippen LogP contribution in [0.5, 0.6) is 0 Å². The summed E-state index contributed by atoms with van der Waals surface area (Å²) in [5.41, 5.74) is -0.0497. The van der Waals surface area contributed by atoms with E-state index in [0.29, 0.717) is 11.4 Å². The highest BCUT2D eigenvalue weighted by atomic mass is 32.2. The molecule has 0 amide bonds. The first kappa shape index (κ1) is 15.6. The third kappa shape index (κ3) is 4.27. The topological polar surface area (TPSA) is 120 Å². The van der Waals surface area contributed by atoms with E-state index in [0.717, 1.165) is 11.3 Å². The van der Waals surface area contributed by atoms with E-state index in [1.807, 2.05) is 0 Å². The van der Waals surface area contributed by atoms with Crippen LogP contribution in [0.15, 0.2) is 5.38 Å². The van der Waals surface area contributed by atoms with Gasteiger partial charge in [-0.3, -0.25) is 0 Å². The zero-order chi connectivity index (χ0) is 14.5. The third-order valence-corrected chi connectivity index (χ3v) is 5.01. The molecule has 0 aliphatic carbocycles. The van der Waals surface area contributed by atoms with Gasteiger partial charge in [-0.1, -0.05) is 6.92 Å². The van der Waals surface area contributed by atoms with Crippen LogP contribution in [-0.2, 0) is 16.4 Å². The molecule has 9 heteroatoms. The second-order valence-electron chi connectivity index (χ2n) is 3.65. The molecular weight excluding hydrogens is 290 g/mol. The van der Waals surface area contributed by atoms with Gasteiger partial charge in [-0.15, -0.1) is 11.3 Å².